The van der Waals surface area contributed by atoms with E-state index in [0.29, 0.717) is 11.8 Å². The minimum Gasteiger partial charge on any atom is -0.356 e. The summed E-state index contributed by atoms with van der Waals surface area (Å²) in [5.41, 5.74) is 0. The first-order valence-electron chi connectivity index (χ1n) is 8.77. The van der Waals surface area contributed by atoms with Crippen molar-refractivity contribution >= 4 is 29.9 Å². The lowest BCUT2D eigenvalue weighted by molar-refractivity contribution is 0.369. The van der Waals surface area contributed by atoms with Crippen molar-refractivity contribution in [2.24, 2.45) is 16.8 Å². The van der Waals surface area contributed by atoms with Gasteiger partial charge in [-0.25, -0.2) is 0 Å². The third-order valence-electron chi connectivity index (χ3n) is 4.22. The summed E-state index contributed by atoms with van der Waals surface area (Å²) in [5.74, 6) is 4.31. The van der Waals surface area contributed by atoms with E-state index < -0.39 is 0 Å². The Morgan fingerprint density at radius 2 is 2.12 bits per heavy atom. The van der Waals surface area contributed by atoms with E-state index in [2.05, 4.69) is 53.0 Å². The fourth-order valence-corrected chi connectivity index (χ4v) is 3.10. The Morgan fingerprint density at radius 1 is 1.38 bits per heavy atom. The molecule has 1 unspecified atom stereocenters. The Hall–Kier alpha value is -0.860. The highest BCUT2D eigenvalue weighted by atomic mass is 127. The molecular formula is C17H32IN5O. The lowest BCUT2D eigenvalue weighted by atomic mass is 9.97. The molecule has 0 bridgehead atoms. The highest BCUT2D eigenvalue weighted by Gasteiger charge is 2.25. The molecule has 1 aromatic heterocycles. The number of guanidine groups is 1. The smallest absolute Gasteiger partial charge is 0.228 e. The monoisotopic (exact) mass is 449 g/mol. The molecular weight excluding hydrogens is 417 g/mol. The Labute approximate surface area is 162 Å². The first-order valence-corrected chi connectivity index (χ1v) is 8.77. The second kappa shape index (κ2) is 10.2. The molecule has 1 aromatic rings. The van der Waals surface area contributed by atoms with Crippen LogP contribution in [0.3, 0.4) is 0 Å². The SMILES string of the molecule is CN=C(NCCc1nc(C(C)C)no1)N1CCC(CC(C)C)C1.I. The Morgan fingerprint density at radius 3 is 2.71 bits per heavy atom. The van der Waals surface area contributed by atoms with Gasteiger partial charge in [-0.2, -0.15) is 4.98 Å². The zero-order chi connectivity index (χ0) is 16.8. The minimum atomic E-state index is 0. The van der Waals surface area contributed by atoms with Gasteiger partial charge in [0.1, 0.15) is 0 Å². The van der Waals surface area contributed by atoms with Gasteiger partial charge >= 0.3 is 0 Å². The van der Waals surface area contributed by atoms with Crippen molar-refractivity contribution in [3.8, 4) is 0 Å². The van der Waals surface area contributed by atoms with Crippen molar-refractivity contribution in [3.63, 3.8) is 0 Å². The molecule has 1 fully saturated rings. The van der Waals surface area contributed by atoms with Crippen LogP contribution >= 0.6 is 24.0 Å². The number of nitrogens with zero attached hydrogens (tertiary/aromatic N) is 4. The first-order chi connectivity index (χ1) is 11.0. The lowest BCUT2D eigenvalue weighted by Crippen LogP contribution is -2.41. The molecule has 1 atom stereocenters. The van der Waals surface area contributed by atoms with Crippen molar-refractivity contribution in [2.45, 2.75) is 52.9 Å². The van der Waals surface area contributed by atoms with Crippen LogP contribution in [0.1, 0.15) is 58.2 Å². The average Bonchev–Trinajstić information content (AvgIpc) is 3.12. The van der Waals surface area contributed by atoms with Gasteiger partial charge in [-0.15, -0.1) is 24.0 Å². The van der Waals surface area contributed by atoms with Crippen LogP contribution in [0.15, 0.2) is 9.52 Å². The van der Waals surface area contributed by atoms with E-state index in [0.717, 1.165) is 49.7 Å². The number of likely N-dealkylation sites (tertiary alicyclic amines) is 1. The molecule has 0 radical (unpaired) electrons. The fraction of sp³-hybridized carbons (Fsp3) is 0.824. The third-order valence-corrected chi connectivity index (χ3v) is 4.22. The third kappa shape index (κ3) is 6.22. The molecule has 2 rings (SSSR count). The summed E-state index contributed by atoms with van der Waals surface area (Å²) in [6.45, 7) is 11.7. The van der Waals surface area contributed by atoms with Gasteiger partial charge in [-0.1, -0.05) is 32.9 Å². The van der Waals surface area contributed by atoms with E-state index in [-0.39, 0.29) is 24.0 Å². The van der Waals surface area contributed by atoms with E-state index in [1.807, 2.05) is 7.05 Å². The highest BCUT2D eigenvalue weighted by molar-refractivity contribution is 14.0. The average molecular weight is 449 g/mol. The zero-order valence-electron chi connectivity index (χ0n) is 15.6. The van der Waals surface area contributed by atoms with Crippen molar-refractivity contribution in [1.29, 1.82) is 0 Å². The maximum Gasteiger partial charge on any atom is 0.228 e. The second-order valence-electron chi connectivity index (χ2n) is 7.16. The maximum absolute atomic E-state index is 5.27. The van der Waals surface area contributed by atoms with Crippen LogP contribution in [0.25, 0.3) is 0 Å². The van der Waals surface area contributed by atoms with Gasteiger partial charge in [0, 0.05) is 39.0 Å². The van der Waals surface area contributed by atoms with E-state index in [4.69, 9.17) is 4.52 Å². The van der Waals surface area contributed by atoms with Gasteiger partial charge < -0.3 is 14.7 Å². The molecule has 1 saturated heterocycles. The van der Waals surface area contributed by atoms with Crippen LogP contribution in [0.2, 0.25) is 0 Å². The summed E-state index contributed by atoms with van der Waals surface area (Å²) in [6.07, 6.45) is 3.29. The summed E-state index contributed by atoms with van der Waals surface area (Å²) in [7, 11) is 1.85. The summed E-state index contributed by atoms with van der Waals surface area (Å²) >= 11 is 0. The number of rotatable bonds is 6. The summed E-state index contributed by atoms with van der Waals surface area (Å²) in [5, 5.41) is 7.41. The number of hydrogen-bond donors (Lipinski definition) is 1. The first kappa shape index (κ1) is 21.2. The number of aliphatic imine (C=N–C) groups is 1. The molecule has 2 heterocycles. The van der Waals surface area contributed by atoms with E-state index in [1.54, 1.807) is 0 Å². The molecule has 0 aliphatic carbocycles. The molecule has 0 amide bonds. The van der Waals surface area contributed by atoms with Gasteiger partial charge in [-0.3, -0.25) is 4.99 Å². The van der Waals surface area contributed by atoms with Gasteiger partial charge in [0.05, 0.1) is 0 Å². The maximum atomic E-state index is 5.27. The number of nitrogens with one attached hydrogen (secondary N) is 1. The molecule has 24 heavy (non-hydrogen) atoms. The second-order valence-corrected chi connectivity index (χ2v) is 7.16. The van der Waals surface area contributed by atoms with Crippen LogP contribution in [0.4, 0.5) is 0 Å². The molecule has 7 heteroatoms. The Kier molecular flexibility index (Phi) is 9.01. The lowest BCUT2D eigenvalue weighted by Gasteiger charge is -2.21. The molecule has 1 aliphatic heterocycles. The van der Waals surface area contributed by atoms with Crippen LogP contribution in [0.5, 0.6) is 0 Å². The number of hydrogen-bond acceptors (Lipinski definition) is 4. The molecule has 138 valence electrons. The van der Waals surface area contributed by atoms with Crippen LogP contribution < -0.4 is 5.32 Å². The van der Waals surface area contributed by atoms with Crippen LogP contribution in [-0.2, 0) is 6.42 Å². The summed E-state index contributed by atoms with van der Waals surface area (Å²) < 4.78 is 5.27. The van der Waals surface area contributed by atoms with E-state index >= 15 is 0 Å². The van der Waals surface area contributed by atoms with Crippen LogP contribution in [-0.4, -0.2) is 47.7 Å². The van der Waals surface area contributed by atoms with Crippen LogP contribution in [0, 0.1) is 11.8 Å². The van der Waals surface area contributed by atoms with Gasteiger partial charge in [0.15, 0.2) is 11.8 Å². The molecule has 6 nitrogen and oxygen atoms in total. The van der Waals surface area contributed by atoms with E-state index in [1.165, 1.54) is 12.8 Å². The van der Waals surface area contributed by atoms with Crippen molar-refractivity contribution < 1.29 is 4.52 Å². The standard InChI is InChI=1S/C17H31N5O.HI/c1-12(2)10-14-7-9-22(11-14)17(18-5)19-8-6-15-20-16(13(3)4)21-23-15;/h12-14H,6-11H2,1-5H3,(H,18,19);1H. The molecule has 0 saturated carbocycles. The minimum absolute atomic E-state index is 0. The fourth-order valence-electron chi connectivity index (χ4n) is 3.10. The molecule has 1 aliphatic rings. The highest BCUT2D eigenvalue weighted by Crippen LogP contribution is 2.23. The zero-order valence-corrected chi connectivity index (χ0v) is 17.9. The molecule has 0 aromatic carbocycles. The number of halogens is 1. The largest absolute Gasteiger partial charge is 0.356 e. The van der Waals surface area contributed by atoms with E-state index in [9.17, 15) is 0 Å². The predicted octanol–water partition coefficient (Wildman–Crippen LogP) is 3.30. The van der Waals surface area contributed by atoms with Gasteiger partial charge in [0.2, 0.25) is 5.89 Å². The Balaban J connectivity index is 0.00000288. The summed E-state index contributed by atoms with van der Waals surface area (Å²) in [6, 6.07) is 0. The summed E-state index contributed by atoms with van der Waals surface area (Å²) in [4.78, 5) is 11.2. The predicted molar refractivity (Wildman–Crippen MR) is 108 cm³/mol. The quantitative estimate of drug-likeness (QED) is 0.410. The molecule has 0 spiro atoms. The van der Waals surface area contributed by atoms with Crippen molar-refractivity contribution in [2.75, 3.05) is 26.7 Å². The Bertz CT molecular complexity index is 515. The van der Waals surface area contributed by atoms with Gasteiger partial charge in [0.25, 0.3) is 0 Å². The normalized spacial score (nSPS) is 18.4. The van der Waals surface area contributed by atoms with Gasteiger partial charge in [-0.05, 0) is 24.7 Å². The topological polar surface area (TPSA) is 66.5 Å². The number of aromatic nitrogens is 2. The van der Waals surface area contributed by atoms with Crippen molar-refractivity contribution in [1.82, 2.24) is 20.4 Å². The van der Waals surface area contributed by atoms with Crippen molar-refractivity contribution in [3.05, 3.63) is 11.7 Å². The molecule has 1 N–H and O–H groups in total.